The molecule has 10 heteroatoms. The van der Waals surface area contributed by atoms with Gasteiger partial charge in [-0.1, -0.05) is 74.5 Å². The summed E-state index contributed by atoms with van der Waals surface area (Å²) in [7, 11) is 0. The van der Waals surface area contributed by atoms with Crippen molar-refractivity contribution in [3.8, 4) is 0 Å². The van der Waals surface area contributed by atoms with Gasteiger partial charge >= 0.3 is 0 Å². The number of carbonyl (C=O) groups excluding carboxylic acids is 1. The van der Waals surface area contributed by atoms with Gasteiger partial charge in [0.05, 0.1) is 18.5 Å². The normalized spacial score (nSPS) is 23.9. The Balaban J connectivity index is 1.34. The average molecular weight is 569 g/mol. The first-order valence-electron chi connectivity index (χ1n) is 15.0. The maximum Gasteiger partial charge on any atom is 0.227 e. The van der Waals surface area contributed by atoms with Crippen molar-refractivity contribution in [1.82, 2.24) is 30.2 Å². The number of hydrogen-bond donors (Lipinski definition) is 5. The number of fused-ring (bicyclic) bond motifs is 1. The van der Waals surface area contributed by atoms with E-state index in [-0.39, 0.29) is 35.9 Å². The second-order valence-electron chi connectivity index (χ2n) is 11.5. The van der Waals surface area contributed by atoms with Crippen molar-refractivity contribution >= 4 is 28.8 Å². The van der Waals surface area contributed by atoms with E-state index >= 15 is 0 Å². The fourth-order valence-corrected chi connectivity index (χ4v) is 6.29. The Morgan fingerprint density at radius 3 is 2.45 bits per heavy atom. The molecule has 5 atom stereocenters. The Labute approximate surface area is 246 Å². The van der Waals surface area contributed by atoms with Crippen LogP contribution in [0.15, 0.2) is 67.0 Å². The predicted molar refractivity (Wildman–Crippen MR) is 164 cm³/mol. The Hall–Kier alpha value is -4.02. The molecule has 5 N–H and O–H groups in total. The highest BCUT2D eigenvalue weighted by molar-refractivity contribution is 5.84. The van der Waals surface area contributed by atoms with Gasteiger partial charge in [0.1, 0.15) is 0 Å². The number of aliphatic hydroxyl groups is 1. The highest BCUT2D eigenvalue weighted by Gasteiger charge is 2.42. The summed E-state index contributed by atoms with van der Waals surface area (Å²) in [5, 5.41) is 24.9. The summed E-state index contributed by atoms with van der Waals surface area (Å²) < 4.78 is 1.96. The summed E-state index contributed by atoms with van der Waals surface area (Å²) in [5.41, 5.74) is 3.75. The predicted octanol–water partition coefficient (Wildman–Crippen LogP) is 3.68. The summed E-state index contributed by atoms with van der Waals surface area (Å²) in [4.78, 5) is 26.7. The molecule has 1 saturated carbocycles. The van der Waals surface area contributed by atoms with Gasteiger partial charge < -0.3 is 30.9 Å². The van der Waals surface area contributed by atoms with Crippen LogP contribution < -0.4 is 21.3 Å². The minimum Gasteiger partial charge on any atom is -0.391 e. The number of anilines is 2. The van der Waals surface area contributed by atoms with Crippen molar-refractivity contribution < 1.29 is 9.90 Å². The van der Waals surface area contributed by atoms with Crippen LogP contribution in [0.25, 0.3) is 11.2 Å². The molecule has 10 nitrogen and oxygen atoms in total. The van der Waals surface area contributed by atoms with Crippen molar-refractivity contribution in [2.45, 2.75) is 63.3 Å². The number of nitrogens with one attached hydrogen (secondary N) is 4. The van der Waals surface area contributed by atoms with Gasteiger partial charge in [-0.15, -0.1) is 0 Å². The van der Waals surface area contributed by atoms with E-state index in [4.69, 9.17) is 15.0 Å². The molecule has 4 aromatic rings. The summed E-state index contributed by atoms with van der Waals surface area (Å²) in [6.07, 6.45) is 3.11. The Morgan fingerprint density at radius 2 is 1.81 bits per heavy atom. The molecule has 2 fully saturated rings. The zero-order chi connectivity index (χ0) is 29.1. The van der Waals surface area contributed by atoms with E-state index in [1.54, 1.807) is 6.33 Å². The zero-order valence-electron chi connectivity index (χ0n) is 24.2. The fraction of sp³-hybridized carbons (Fsp3) is 0.438. The van der Waals surface area contributed by atoms with Crippen molar-refractivity contribution in [3.05, 3.63) is 78.1 Å². The molecule has 1 saturated heterocycles. The van der Waals surface area contributed by atoms with Gasteiger partial charge in [0.15, 0.2) is 17.0 Å². The molecule has 2 aromatic carbocycles. The molecule has 0 radical (unpaired) electrons. The second-order valence-corrected chi connectivity index (χ2v) is 11.5. The van der Waals surface area contributed by atoms with Crippen molar-refractivity contribution in [1.29, 1.82) is 0 Å². The maximum atomic E-state index is 12.2. The summed E-state index contributed by atoms with van der Waals surface area (Å²) in [6, 6.07) is 20.8. The number of carbonyl (C=O) groups is 1. The Bertz CT molecular complexity index is 1450. The minimum absolute atomic E-state index is 0.00736. The molecule has 2 aliphatic rings. The topological polar surface area (TPSA) is 129 Å². The molecule has 6 rings (SSSR count). The fourth-order valence-electron chi connectivity index (χ4n) is 6.29. The number of hydrogen-bond acceptors (Lipinski definition) is 8. The molecule has 1 amide bonds. The van der Waals surface area contributed by atoms with E-state index in [0.717, 1.165) is 19.5 Å². The van der Waals surface area contributed by atoms with Crippen LogP contribution in [0.1, 0.15) is 56.2 Å². The van der Waals surface area contributed by atoms with E-state index in [0.29, 0.717) is 42.3 Å². The van der Waals surface area contributed by atoms with E-state index in [2.05, 4.69) is 69.8 Å². The van der Waals surface area contributed by atoms with Gasteiger partial charge in [-0.2, -0.15) is 9.97 Å². The van der Waals surface area contributed by atoms with E-state index in [1.165, 1.54) is 11.1 Å². The Morgan fingerprint density at radius 1 is 1.10 bits per heavy atom. The number of aromatic nitrogens is 4. The van der Waals surface area contributed by atoms with Crippen LogP contribution in [-0.2, 0) is 4.79 Å². The summed E-state index contributed by atoms with van der Waals surface area (Å²) in [5.74, 6) is 1.19. The third-order valence-electron chi connectivity index (χ3n) is 8.78. The molecule has 0 spiro atoms. The van der Waals surface area contributed by atoms with Crippen LogP contribution in [0.5, 0.6) is 0 Å². The quantitative estimate of drug-likeness (QED) is 0.196. The lowest BCUT2D eigenvalue weighted by molar-refractivity contribution is -0.121. The van der Waals surface area contributed by atoms with Crippen LogP contribution in [0.2, 0.25) is 0 Å². The molecule has 3 heterocycles. The number of rotatable bonds is 10. The second kappa shape index (κ2) is 12.5. The van der Waals surface area contributed by atoms with Crippen LogP contribution >= 0.6 is 0 Å². The SMILES string of the molecule is CCC(=O)N[C@H]1C[C@@H](n2cnc3c(NCC(c4ccccc4)c4ccccc4)nc(N[C@@H]4CCNC4)nc32)C(O)C1C. The lowest BCUT2D eigenvalue weighted by Crippen LogP contribution is -2.37. The third kappa shape index (κ3) is 5.82. The van der Waals surface area contributed by atoms with Crippen molar-refractivity contribution in [2.24, 2.45) is 5.92 Å². The van der Waals surface area contributed by atoms with Gasteiger partial charge in [0, 0.05) is 43.4 Å². The molecule has 1 aliphatic heterocycles. The number of amides is 1. The van der Waals surface area contributed by atoms with E-state index < -0.39 is 6.10 Å². The molecular formula is C32H40N8O2. The number of imidazole rings is 1. The molecule has 2 aromatic heterocycles. The number of nitrogens with zero attached hydrogens (tertiary/aromatic N) is 4. The molecule has 220 valence electrons. The van der Waals surface area contributed by atoms with Crippen LogP contribution in [0.3, 0.4) is 0 Å². The van der Waals surface area contributed by atoms with Crippen molar-refractivity contribution in [2.75, 3.05) is 30.3 Å². The van der Waals surface area contributed by atoms with Crippen LogP contribution in [-0.4, -0.2) is 68.4 Å². The molecule has 2 unspecified atom stereocenters. The standard InChI is InChI=1S/C32H40N8O2/c1-3-27(41)37-25-16-26(29(42)20(25)2)40-19-35-28-30(38-32(39-31(28)40)36-23-14-15-33-17-23)34-18-24(21-10-6-4-7-11-21)22-12-8-5-9-13-22/h4-13,19-20,23-26,29,33,42H,3,14-18H2,1-2H3,(H,37,41)(H2,34,36,38,39)/t20?,23-,25+,26-,29?/m1/s1. The monoisotopic (exact) mass is 568 g/mol. The van der Waals surface area contributed by atoms with Crippen LogP contribution in [0.4, 0.5) is 11.8 Å². The first-order chi connectivity index (χ1) is 20.5. The smallest absolute Gasteiger partial charge is 0.227 e. The molecule has 42 heavy (non-hydrogen) atoms. The van der Waals surface area contributed by atoms with Gasteiger partial charge in [-0.05, 0) is 30.5 Å². The lowest BCUT2D eigenvalue weighted by Gasteiger charge is -2.21. The van der Waals surface area contributed by atoms with E-state index in [1.807, 2.05) is 30.5 Å². The highest BCUT2D eigenvalue weighted by Crippen LogP contribution is 2.38. The van der Waals surface area contributed by atoms with Crippen LogP contribution in [0, 0.1) is 5.92 Å². The summed E-state index contributed by atoms with van der Waals surface area (Å²) in [6.45, 7) is 6.25. The molecular weight excluding hydrogens is 528 g/mol. The van der Waals surface area contributed by atoms with Gasteiger partial charge in [-0.25, -0.2) is 4.98 Å². The zero-order valence-corrected chi connectivity index (χ0v) is 24.2. The Kier molecular flexibility index (Phi) is 8.34. The maximum absolute atomic E-state index is 12.2. The first-order valence-corrected chi connectivity index (χ1v) is 15.0. The molecule has 0 bridgehead atoms. The lowest BCUT2D eigenvalue weighted by atomic mass is 9.91. The van der Waals surface area contributed by atoms with Crippen molar-refractivity contribution in [3.63, 3.8) is 0 Å². The van der Waals surface area contributed by atoms with E-state index in [9.17, 15) is 9.90 Å². The number of benzene rings is 2. The number of aliphatic hydroxyl groups excluding tert-OH is 1. The third-order valence-corrected chi connectivity index (χ3v) is 8.78. The van der Waals surface area contributed by atoms with Gasteiger partial charge in [0.25, 0.3) is 0 Å². The molecule has 1 aliphatic carbocycles. The first kappa shape index (κ1) is 28.1. The largest absolute Gasteiger partial charge is 0.391 e. The minimum atomic E-state index is -0.646. The van der Waals surface area contributed by atoms with Gasteiger partial charge in [0.2, 0.25) is 11.9 Å². The average Bonchev–Trinajstić information content (AvgIpc) is 3.75. The summed E-state index contributed by atoms with van der Waals surface area (Å²) >= 11 is 0. The van der Waals surface area contributed by atoms with Gasteiger partial charge in [-0.3, -0.25) is 4.79 Å². The highest BCUT2D eigenvalue weighted by atomic mass is 16.3.